The van der Waals surface area contributed by atoms with Crippen LogP contribution in [-0.4, -0.2) is 43.5 Å². The summed E-state index contributed by atoms with van der Waals surface area (Å²) in [6, 6.07) is 20.7. The molecule has 0 saturated carbocycles. The number of benzene rings is 2. The van der Waals surface area contributed by atoms with Crippen molar-refractivity contribution in [2.45, 2.75) is 38.8 Å². The van der Waals surface area contributed by atoms with Gasteiger partial charge in [0.2, 0.25) is 11.8 Å². The zero-order chi connectivity index (χ0) is 28.2. The zero-order valence-electron chi connectivity index (χ0n) is 22.3. The second-order valence-corrected chi connectivity index (χ2v) is 9.33. The number of furan rings is 2. The monoisotopic (exact) mass is 595 g/mol. The molecule has 2 N–H and O–H groups in total. The third-order valence-corrected chi connectivity index (χ3v) is 6.64. The van der Waals surface area contributed by atoms with E-state index in [1.807, 2.05) is 24.3 Å². The molecule has 2 unspecified atom stereocenters. The van der Waals surface area contributed by atoms with Crippen LogP contribution in [0.5, 0.6) is 11.5 Å². The molecule has 11 heteroatoms. The summed E-state index contributed by atoms with van der Waals surface area (Å²) in [4.78, 5) is 23.5. The molecule has 10 nitrogen and oxygen atoms in total. The number of nitrogens with zero attached hydrogens (tertiary/aromatic N) is 4. The number of phenolic OH excluding ortho intramolecular Hbond substituents is 2. The van der Waals surface area contributed by atoms with Crippen LogP contribution in [0.25, 0.3) is 0 Å². The molecule has 1 radical (unpaired) electrons. The standard InChI is InChI=1S/2C15H14N2O3.Mn/c2*1-10(18)17-13(15-7-4-8-20-15)9-12(16-17)11-5-2-3-6-14(11)19;/h2*2-8,13,19H,9H2,1H3;. The van der Waals surface area contributed by atoms with Gasteiger partial charge in [0.15, 0.2) is 0 Å². The molecule has 41 heavy (non-hydrogen) atoms. The first kappa shape index (κ1) is 29.4. The van der Waals surface area contributed by atoms with E-state index in [-0.39, 0.29) is 52.5 Å². The van der Waals surface area contributed by atoms with Crippen LogP contribution in [0.4, 0.5) is 0 Å². The van der Waals surface area contributed by atoms with Crippen LogP contribution in [0.2, 0.25) is 0 Å². The minimum absolute atomic E-state index is 0. The molecule has 4 heterocycles. The summed E-state index contributed by atoms with van der Waals surface area (Å²) in [6.45, 7) is 2.93. The molecule has 4 aromatic rings. The van der Waals surface area contributed by atoms with E-state index < -0.39 is 0 Å². The number of hydrogen-bond donors (Lipinski definition) is 2. The Hall–Kier alpha value is -4.60. The third-order valence-electron chi connectivity index (χ3n) is 6.64. The summed E-state index contributed by atoms with van der Waals surface area (Å²) in [7, 11) is 0. The number of carbonyl (C=O) groups is 2. The predicted octanol–water partition coefficient (Wildman–Crippen LogP) is 5.36. The molecular weight excluding hydrogens is 567 g/mol. The molecule has 0 spiro atoms. The summed E-state index contributed by atoms with van der Waals surface area (Å²) in [5.74, 6) is 1.39. The van der Waals surface area contributed by atoms with Crippen molar-refractivity contribution in [2.75, 3.05) is 0 Å². The SMILES string of the molecule is CC(=O)N1N=C(c2ccccc2O)CC1c1ccco1.CC(=O)N1N=C(c2ccccc2O)CC1c1ccco1.[Mn]. The summed E-state index contributed by atoms with van der Waals surface area (Å²) >= 11 is 0. The Kier molecular flexibility index (Phi) is 9.11. The van der Waals surface area contributed by atoms with Crippen molar-refractivity contribution < 1.29 is 45.7 Å². The first-order valence-electron chi connectivity index (χ1n) is 12.7. The maximum Gasteiger partial charge on any atom is 0.240 e. The van der Waals surface area contributed by atoms with Gasteiger partial charge in [0.25, 0.3) is 0 Å². The summed E-state index contributed by atoms with van der Waals surface area (Å²) in [5.41, 5.74) is 2.65. The van der Waals surface area contributed by atoms with E-state index in [4.69, 9.17) is 8.83 Å². The van der Waals surface area contributed by atoms with E-state index >= 15 is 0 Å². The smallest absolute Gasteiger partial charge is 0.240 e. The Labute approximate surface area is 247 Å². The normalized spacial score (nSPS) is 17.7. The molecular formula is C30H28MnN4O6. The molecule has 2 amide bonds. The number of aromatic hydroxyl groups is 2. The molecule has 6 rings (SSSR count). The van der Waals surface area contributed by atoms with Crippen LogP contribution >= 0.6 is 0 Å². The predicted molar refractivity (Wildman–Crippen MR) is 146 cm³/mol. The van der Waals surface area contributed by atoms with Crippen LogP contribution in [-0.2, 0) is 26.7 Å². The molecule has 2 aliphatic rings. The van der Waals surface area contributed by atoms with E-state index in [2.05, 4.69) is 10.2 Å². The first-order valence-corrected chi connectivity index (χ1v) is 12.7. The maximum atomic E-state index is 11.7. The summed E-state index contributed by atoms with van der Waals surface area (Å²) in [6.07, 6.45) is 4.19. The maximum absolute atomic E-state index is 11.7. The van der Waals surface area contributed by atoms with Gasteiger partial charge in [-0.15, -0.1) is 0 Å². The van der Waals surface area contributed by atoms with Crippen molar-refractivity contribution >= 4 is 23.2 Å². The van der Waals surface area contributed by atoms with E-state index in [0.29, 0.717) is 46.9 Å². The largest absolute Gasteiger partial charge is 0.507 e. The molecule has 2 atom stereocenters. The van der Waals surface area contributed by atoms with Gasteiger partial charge in [-0.1, -0.05) is 24.3 Å². The van der Waals surface area contributed by atoms with Gasteiger partial charge in [0, 0.05) is 54.9 Å². The number of hydrogen-bond acceptors (Lipinski definition) is 8. The van der Waals surface area contributed by atoms with Gasteiger partial charge >= 0.3 is 0 Å². The topological polar surface area (TPSA) is 132 Å². The Morgan fingerprint density at radius 3 is 1.39 bits per heavy atom. The number of rotatable bonds is 4. The second-order valence-electron chi connectivity index (χ2n) is 9.33. The van der Waals surface area contributed by atoms with Gasteiger partial charge in [-0.3, -0.25) is 9.59 Å². The van der Waals surface area contributed by atoms with Gasteiger partial charge in [0.05, 0.1) is 23.9 Å². The minimum Gasteiger partial charge on any atom is -0.507 e. The van der Waals surface area contributed by atoms with Crippen molar-refractivity contribution in [3.05, 3.63) is 108 Å². The average molecular weight is 596 g/mol. The van der Waals surface area contributed by atoms with Crippen molar-refractivity contribution in [1.82, 2.24) is 10.0 Å². The number of phenols is 2. The second kappa shape index (κ2) is 12.7. The molecule has 0 bridgehead atoms. The summed E-state index contributed by atoms with van der Waals surface area (Å²) in [5, 5.41) is 31.3. The molecule has 0 saturated heterocycles. The van der Waals surface area contributed by atoms with E-state index in [0.717, 1.165) is 0 Å². The van der Waals surface area contributed by atoms with Gasteiger partial charge in [-0.2, -0.15) is 10.2 Å². The fraction of sp³-hybridized carbons (Fsp3) is 0.200. The molecule has 0 aliphatic carbocycles. The van der Waals surface area contributed by atoms with Crippen LogP contribution < -0.4 is 0 Å². The number of amides is 2. The van der Waals surface area contributed by atoms with Crippen LogP contribution in [0.15, 0.2) is 104 Å². The van der Waals surface area contributed by atoms with Gasteiger partial charge in [-0.25, -0.2) is 10.0 Å². The van der Waals surface area contributed by atoms with E-state index in [1.165, 1.54) is 23.9 Å². The number of para-hydroxylation sites is 2. The van der Waals surface area contributed by atoms with Crippen molar-refractivity contribution in [2.24, 2.45) is 10.2 Å². The minimum atomic E-state index is -0.253. The zero-order valence-corrected chi connectivity index (χ0v) is 23.5. The Morgan fingerprint density at radius 2 is 1.07 bits per heavy atom. The van der Waals surface area contributed by atoms with Crippen LogP contribution in [0.1, 0.15) is 61.4 Å². The third kappa shape index (κ3) is 6.26. The van der Waals surface area contributed by atoms with Gasteiger partial charge in [-0.05, 0) is 48.5 Å². The van der Waals surface area contributed by atoms with Crippen molar-refractivity contribution in [3.8, 4) is 11.5 Å². The first-order chi connectivity index (χ1) is 19.3. The Bertz CT molecular complexity index is 1450. The van der Waals surface area contributed by atoms with Gasteiger partial charge < -0.3 is 19.0 Å². The fourth-order valence-electron chi connectivity index (χ4n) is 4.77. The fourth-order valence-corrected chi connectivity index (χ4v) is 4.77. The Morgan fingerprint density at radius 1 is 0.683 bits per heavy atom. The molecule has 0 fully saturated rings. The number of carbonyl (C=O) groups excluding carboxylic acids is 2. The van der Waals surface area contributed by atoms with Crippen molar-refractivity contribution in [3.63, 3.8) is 0 Å². The quantitative estimate of drug-likeness (QED) is 0.305. The Balaban J connectivity index is 0.000000184. The van der Waals surface area contributed by atoms with E-state index in [9.17, 15) is 19.8 Å². The molecule has 2 aromatic heterocycles. The molecule has 2 aliphatic heterocycles. The van der Waals surface area contributed by atoms with Crippen LogP contribution in [0, 0.1) is 0 Å². The average Bonchev–Trinajstić information content (AvgIpc) is 3.74. The summed E-state index contributed by atoms with van der Waals surface area (Å²) < 4.78 is 10.8. The number of hydrazone groups is 2. The van der Waals surface area contributed by atoms with Crippen molar-refractivity contribution in [1.29, 1.82) is 0 Å². The van der Waals surface area contributed by atoms with Gasteiger partial charge in [0.1, 0.15) is 35.1 Å². The molecule has 2 aromatic carbocycles. The van der Waals surface area contributed by atoms with Crippen LogP contribution in [0.3, 0.4) is 0 Å². The molecule has 211 valence electrons. The van der Waals surface area contributed by atoms with E-state index in [1.54, 1.807) is 61.1 Å².